The van der Waals surface area contributed by atoms with Gasteiger partial charge in [-0.05, 0) is 54.4 Å². The zero-order valence-electron chi connectivity index (χ0n) is 19.7. The van der Waals surface area contributed by atoms with E-state index >= 15 is 0 Å². The van der Waals surface area contributed by atoms with Gasteiger partial charge < -0.3 is 24.5 Å². The van der Waals surface area contributed by atoms with Gasteiger partial charge in [0.15, 0.2) is 11.5 Å². The fraction of sp³-hybridized carbons (Fsp3) is 0.423. The lowest BCUT2D eigenvalue weighted by Gasteiger charge is -2.14. The lowest BCUT2D eigenvalue weighted by atomic mass is 10.0. The molecule has 0 aliphatic heterocycles. The van der Waals surface area contributed by atoms with E-state index in [1.807, 2.05) is 0 Å². The second kappa shape index (κ2) is 8.41. The van der Waals surface area contributed by atoms with E-state index in [0.29, 0.717) is 41.2 Å². The molecule has 2 unspecified atom stereocenters. The highest BCUT2D eigenvalue weighted by Crippen LogP contribution is 2.67. The molecule has 6 nitrogen and oxygen atoms in total. The van der Waals surface area contributed by atoms with Crippen LogP contribution in [-0.2, 0) is 0 Å². The van der Waals surface area contributed by atoms with E-state index in [4.69, 9.17) is 14.2 Å². The van der Waals surface area contributed by atoms with E-state index in [2.05, 4.69) is 55.3 Å². The molecule has 1 heterocycles. The SMILES string of the molecule is COc1cc(C(=O)NCCC2C(c3c(C)[nH]c4ccccc34)C2(C)C)cc(OC)c1OC. The third-order valence-corrected chi connectivity index (χ3v) is 6.97. The minimum Gasteiger partial charge on any atom is -0.493 e. The number of aromatic amines is 1. The van der Waals surface area contributed by atoms with Crippen molar-refractivity contribution in [3.05, 3.63) is 53.2 Å². The summed E-state index contributed by atoms with van der Waals surface area (Å²) in [6.07, 6.45) is 0.923. The zero-order chi connectivity index (χ0) is 23.0. The molecule has 2 atom stereocenters. The van der Waals surface area contributed by atoms with Crippen molar-refractivity contribution in [2.75, 3.05) is 27.9 Å². The lowest BCUT2D eigenvalue weighted by Crippen LogP contribution is -2.25. The van der Waals surface area contributed by atoms with Crippen LogP contribution in [0.3, 0.4) is 0 Å². The third-order valence-electron chi connectivity index (χ3n) is 6.97. The molecule has 1 aliphatic carbocycles. The van der Waals surface area contributed by atoms with Gasteiger partial charge in [-0.3, -0.25) is 4.79 Å². The minimum absolute atomic E-state index is 0.150. The number of amides is 1. The summed E-state index contributed by atoms with van der Waals surface area (Å²) in [6.45, 7) is 7.42. The van der Waals surface area contributed by atoms with Gasteiger partial charge >= 0.3 is 0 Å². The molecular formula is C26H32N2O4. The first kappa shape index (κ1) is 22.1. The van der Waals surface area contributed by atoms with Crippen LogP contribution in [0.25, 0.3) is 10.9 Å². The van der Waals surface area contributed by atoms with Crippen molar-refractivity contribution in [3.63, 3.8) is 0 Å². The Kier molecular flexibility index (Phi) is 5.80. The molecule has 4 rings (SSSR count). The van der Waals surface area contributed by atoms with Crippen LogP contribution in [-0.4, -0.2) is 38.8 Å². The highest BCUT2D eigenvalue weighted by atomic mass is 16.5. The summed E-state index contributed by atoms with van der Waals surface area (Å²) in [5.74, 6) is 2.26. The van der Waals surface area contributed by atoms with E-state index in [1.54, 1.807) is 33.5 Å². The van der Waals surface area contributed by atoms with E-state index in [-0.39, 0.29) is 11.3 Å². The van der Waals surface area contributed by atoms with Crippen molar-refractivity contribution in [1.82, 2.24) is 10.3 Å². The summed E-state index contributed by atoms with van der Waals surface area (Å²) in [5, 5.41) is 4.38. The first-order valence-corrected chi connectivity index (χ1v) is 11.0. The van der Waals surface area contributed by atoms with Gasteiger partial charge in [0.05, 0.1) is 21.3 Å². The topological polar surface area (TPSA) is 72.6 Å². The van der Waals surface area contributed by atoms with Gasteiger partial charge in [0, 0.05) is 28.7 Å². The molecule has 0 saturated heterocycles. The number of carbonyl (C=O) groups excluding carboxylic acids is 1. The Hall–Kier alpha value is -3.15. The average Bonchev–Trinajstić information content (AvgIpc) is 3.15. The Bertz CT molecular complexity index is 1120. The maximum atomic E-state index is 12.8. The standard InChI is InChI=1S/C26H32N2O4/c1-15-22(17-9-7-8-10-19(17)28-15)23-18(26(23,2)3)11-12-27-25(29)16-13-20(30-4)24(32-6)21(14-16)31-5/h7-10,13-14,18,23,28H,11-12H2,1-6H3,(H,27,29). The predicted molar refractivity (Wildman–Crippen MR) is 126 cm³/mol. The fourth-order valence-corrected chi connectivity index (χ4v) is 5.21. The number of hydrogen-bond donors (Lipinski definition) is 2. The largest absolute Gasteiger partial charge is 0.493 e. The Balaban J connectivity index is 1.45. The highest BCUT2D eigenvalue weighted by molar-refractivity contribution is 5.95. The summed E-state index contributed by atoms with van der Waals surface area (Å²) < 4.78 is 16.1. The first-order valence-electron chi connectivity index (χ1n) is 11.0. The maximum absolute atomic E-state index is 12.8. The molecule has 0 radical (unpaired) electrons. The van der Waals surface area contributed by atoms with Crippen molar-refractivity contribution >= 4 is 16.8 Å². The van der Waals surface area contributed by atoms with Crippen LogP contribution in [0, 0.1) is 18.3 Å². The molecule has 6 heteroatoms. The van der Waals surface area contributed by atoms with Crippen molar-refractivity contribution in [2.45, 2.75) is 33.1 Å². The number of aromatic nitrogens is 1. The minimum atomic E-state index is -0.150. The molecular weight excluding hydrogens is 404 g/mol. The molecule has 3 aromatic rings. The highest BCUT2D eigenvalue weighted by Gasteiger charge is 2.58. The molecule has 0 spiro atoms. The smallest absolute Gasteiger partial charge is 0.251 e. The lowest BCUT2D eigenvalue weighted by molar-refractivity contribution is 0.0951. The van der Waals surface area contributed by atoms with Gasteiger partial charge in [0.1, 0.15) is 0 Å². The number of benzene rings is 2. The number of fused-ring (bicyclic) bond motifs is 1. The average molecular weight is 437 g/mol. The van der Waals surface area contributed by atoms with E-state index in [1.165, 1.54) is 22.2 Å². The van der Waals surface area contributed by atoms with Crippen molar-refractivity contribution in [2.24, 2.45) is 11.3 Å². The first-order chi connectivity index (χ1) is 15.3. The summed E-state index contributed by atoms with van der Waals surface area (Å²) in [6, 6.07) is 11.8. The van der Waals surface area contributed by atoms with Gasteiger partial charge in [-0.2, -0.15) is 0 Å². The second-order valence-electron chi connectivity index (χ2n) is 9.07. The molecule has 1 fully saturated rings. The van der Waals surface area contributed by atoms with E-state index < -0.39 is 0 Å². The van der Waals surface area contributed by atoms with E-state index in [0.717, 1.165) is 6.42 Å². The number of aryl methyl sites for hydroxylation is 1. The number of ether oxygens (including phenoxy) is 3. The zero-order valence-corrected chi connectivity index (χ0v) is 19.7. The molecule has 32 heavy (non-hydrogen) atoms. The number of rotatable bonds is 8. The van der Waals surface area contributed by atoms with Crippen LogP contribution in [0.5, 0.6) is 17.2 Å². The predicted octanol–water partition coefficient (Wildman–Crippen LogP) is 5.06. The Labute approximate surface area is 189 Å². The van der Waals surface area contributed by atoms with Gasteiger partial charge in [-0.25, -0.2) is 0 Å². The van der Waals surface area contributed by atoms with Crippen LogP contribution in [0.2, 0.25) is 0 Å². The van der Waals surface area contributed by atoms with Crippen LogP contribution in [0.4, 0.5) is 0 Å². The molecule has 0 bridgehead atoms. The molecule has 2 aromatic carbocycles. The summed E-state index contributed by atoms with van der Waals surface area (Å²) in [7, 11) is 4.63. The number of para-hydroxylation sites is 1. The summed E-state index contributed by atoms with van der Waals surface area (Å²) in [5.41, 5.74) is 4.54. The normalized spacial score (nSPS) is 18.9. The second-order valence-corrected chi connectivity index (χ2v) is 9.07. The Morgan fingerprint density at radius 2 is 1.72 bits per heavy atom. The van der Waals surface area contributed by atoms with Gasteiger partial charge in [0.2, 0.25) is 5.75 Å². The Morgan fingerprint density at radius 3 is 2.34 bits per heavy atom. The van der Waals surface area contributed by atoms with Gasteiger partial charge in [0.25, 0.3) is 5.91 Å². The molecule has 2 N–H and O–H groups in total. The maximum Gasteiger partial charge on any atom is 0.251 e. The Morgan fingerprint density at radius 1 is 1.06 bits per heavy atom. The molecule has 170 valence electrons. The van der Waals surface area contributed by atoms with Crippen molar-refractivity contribution in [3.8, 4) is 17.2 Å². The fourth-order valence-electron chi connectivity index (χ4n) is 5.21. The van der Waals surface area contributed by atoms with Crippen LogP contribution < -0.4 is 19.5 Å². The molecule has 1 saturated carbocycles. The summed E-state index contributed by atoms with van der Waals surface area (Å²) >= 11 is 0. The summed E-state index contributed by atoms with van der Waals surface area (Å²) in [4.78, 5) is 16.3. The number of nitrogens with one attached hydrogen (secondary N) is 2. The van der Waals surface area contributed by atoms with Crippen molar-refractivity contribution < 1.29 is 19.0 Å². The van der Waals surface area contributed by atoms with E-state index in [9.17, 15) is 4.79 Å². The van der Waals surface area contributed by atoms with Gasteiger partial charge in [-0.15, -0.1) is 0 Å². The quantitative estimate of drug-likeness (QED) is 0.518. The number of methoxy groups -OCH3 is 3. The molecule has 1 aromatic heterocycles. The van der Waals surface area contributed by atoms with Crippen LogP contribution >= 0.6 is 0 Å². The third kappa shape index (κ3) is 3.68. The molecule has 1 aliphatic rings. The number of hydrogen-bond acceptors (Lipinski definition) is 4. The number of H-pyrrole nitrogens is 1. The van der Waals surface area contributed by atoms with Gasteiger partial charge in [-0.1, -0.05) is 32.0 Å². The van der Waals surface area contributed by atoms with Crippen LogP contribution in [0.15, 0.2) is 36.4 Å². The van der Waals surface area contributed by atoms with Crippen molar-refractivity contribution in [1.29, 1.82) is 0 Å². The van der Waals surface area contributed by atoms with Crippen LogP contribution in [0.1, 0.15) is 47.8 Å². The number of carbonyl (C=O) groups is 1. The monoisotopic (exact) mass is 436 g/mol. The molecule has 1 amide bonds.